The molecule has 0 unspecified atom stereocenters. The zero-order chi connectivity index (χ0) is 12.7. The molecule has 0 bridgehead atoms. The lowest BCUT2D eigenvalue weighted by Crippen LogP contribution is -2.35. The molecule has 0 fully saturated rings. The van der Waals surface area contributed by atoms with Crippen molar-refractivity contribution in [1.29, 1.82) is 0 Å². The van der Waals surface area contributed by atoms with Gasteiger partial charge in [-0.15, -0.1) is 0 Å². The summed E-state index contributed by atoms with van der Waals surface area (Å²) in [4.78, 5) is 24.0. The highest BCUT2D eigenvalue weighted by Crippen LogP contribution is 2.14. The summed E-state index contributed by atoms with van der Waals surface area (Å²) in [5.74, 6) is -0.471. The van der Waals surface area contributed by atoms with Crippen LogP contribution in [0.25, 0.3) is 0 Å². The van der Waals surface area contributed by atoms with E-state index in [1.165, 1.54) is 4.90 Å². The molecule has 1 rings (SSSR count). The van der Waals surface area contributed by atoms with Crippen molar-refractivity contribution in [1.82, 2.24) is 0 Å². The van der Waals surface area contributed by atoms with Gasteiger partial charge in [0.2, 0.25) is 5.91 Å². The fourth-order valence-corrected chi connectivity index (χ4v) is 1.77. The number of para-hydroxylation sites is 1. The summed E-state index contributed by atoms with van der Waals surface area (Å²) >= 11 is 1.57. The maximum Gasteiger partial charge on any atom is 0.323 e. The lowest BCUT2D eigenvalue weighted by atomic mass is 10.2. The Hall–Kier alpha value is -1.49. The first kappa shape index (κ1) is 13.6. The summed E-state index contributed by atoms with van der Waals surface area (Å²) in [5, 5.41) is 8.82. The first-order valence-corrected chi connectivity index (χ1v) is 6.60. The van der Waals surface area contributed by atoms with Crippen LogP contribution in [-0.2, 0) is 9.59 Å². The Morgan fingerprint density at radius 2 is 1.94 bits per heavy atom. The van der Waals surface area contributed by atoms with E-state index in [1.54, 1.807) is 36.0 Å². The standard InChI is InChI=1S/C12H15NO3S/c1-17-8-7-11(14)13(9-12(15)16)10-5-3-2-4-6-10/h2-6H,7-9H2,1H3,(H,15,16). The molecule has 5 heteroatoms. The number of aliphatic carboxylic acids is 1. The highest BCUT2D eigenvalue weighted by Gasteiger charge is 2.17. The minimum atomic E-state index is -1.01. The quantitative estimate of drug-likeness (QED) is 0.840. The van der Waals surface area contributed by atoms with Crippen LogP contribution in [0.3, 0.4) is 0 Å². The Morgan fingerprint density at radius 3 is 2.47 bits per heavy atom. The Bertz CT molecular complexity index is 381. The van der Waals surface area contributed by atoms with Gasteiger partial charge in [0.15, 0.2) is 0 Å². The van der Waals surface area contributed by atoms with Crippen LogP contribution < -0.4 is 4.90 Å². The van der Waals surface area contributed by atoms with Gasteiger partial charge in [0.1, 0.15) is 6.54 Å². The van der Waals surface area contributed by atoms with Gasteiger partial charge in [-0.05, 0) is 18.4 Å². The number of carbonyl (C=O) groups excluding carboxylic acids is 1. The molecule has 0 saturated carbocycles. The maximum absolute atomic E-state index is 11.9. The number of hydrogen-bond acceptors (Lipinski definition) is 3. The van der Waals surface area contributed by atoms with Gasteiger partial charge in [-0.3, -0.25) is 9.59 Å². The Morgan fingerprint density at radius 1 is 1.29 bits per heavy atom. The van der Waals surface area contributed by atoms with E-state index in [4.69, 9.17) is 5.11 Å². The number of amides is 1. The molecule has 17 heavy (non-hydrogen) atoms. The van der Waals surface area contributed by atoms with Gasteiger partial charge >= 0.3 is 5.97 Å². The number of benzene rings is 1. The molecule has 1 amide bonds. The number of carboxylic acid groups (broad SMARTS) is 1. The lowest BCUT2D eigenvalue weighted by molar-refractivity contribution is -0.136. The van der Waals surface area contributed by atoms with Crippen LogP contribution in [0.5, 0.6) is 0 Å². The number of carbonyl (C=O) groups is 2. The highest BCUT2D eigenvalue weighted by atomic mass is 32.2. The molecule has 1 N–H and O–H groups in total. The van der Waals surface area contributed by atoms with Crippen molar-refractivity contribution >= 4 is 29.3 Å². The second kappa shape index (κ2) is 6.96. The first-order valence-electron chi connectivity index (χ1n) is 5.21. The summed E-state index contributed by atoms with van der Waals surface area (Å²) in [6.45, 7) is -0.294. The number of rotatable bonds is 6. The van der Waals surface area contributed by atoms with Crippen molar-refractivity contribution in [3.63, 3.8) is 0 Å². The zero-order valence-electron chi connectivity index (χ0n) is 9.63. The molecule has 0 saturated heterocycles. The van der Waals surface area contributed by atoms with Crippen LogP contribution in [0, 0.1) is 0 Å². The van der Waals surface area contributed by atoms with Crippen molar-refractivity contribution in [2.75, 3.05) is 23.5 Å². The maximum atomic E-state index is 11.9. The zero-order valence-corrected chi connectivity index (χ0v) is 10.4. The third kappa shape index (κ3) is 4.48. The molecule has 1 aromatic rings. The third-order valence-corrected chi connectivity index (χ3v) is 2.79. The largest absolute Gasteiger partial charge is 0.480 e. The van der Waals surface area contributed by atoms with Crippen LogP contribution in [-0.4, -0.2) is 35.5 Å². The highest BCUT2D eigenvalue weighted by molar-refractivity contribution is 7.98. The van der Waals surface area contributed by atoms with Crippen LogP contribution >= 0.6 is 11.8 Å². The number of anilines is 1. The first-order chi connectivity index (χ1) is 8.15. The van der Waals surface area contributed by atoms with Gasteiger partial charge < -0.3 is 10.0 Å². The van der Waals surface area contributed by atoms with Gasteiger partial charge in [0.25, 0.3) is 0 Å². The summed E-state index contributed by atoms with van der Waals surface area (Å²) < 4.78 is 0. The summed E-state index contributed by atoms with van der Waals surface area (Å²) in [7, 11) is 0. The number of hydrogen-bond donors (Lipinski definition) is 1. The predicted molar refractivity (Wildman–Crippen MR) is 69.4 cm³/mol. The van der Waals surface area contributed by atoms with E-state index in [9.17, 15) is 9.59 Å². The normalized spacial score (nSPS) is 9.94. The fourth-order valence-electron chi connectivity index (χ4n) is 1.39. The van der Waals surface area contributed by atoms with Crippen LogP contribution in [0.4, 0.5) is 5.69 Å². The molecule has 0 heterocycles. The molecule has 1 aromatic carbocycles. The summed E-state index contributed by atoms with van der Waals surface area (Å²) in [5.41, 5.74) is 0.626. The minimum absolute atomic E-state index is 0.159. The van der Waals surface area contributed by atoms with Gasteiger partial charge in [-0.1, -0.05) is 18.2 Å². The van der Waals surface area contributed by atoms with Crippen molar-refractivity contribution in [3.05, 3.63) is 30.3 Å². The van der Waals surface area contributed by atoms with E-state index >= 15 is 0 Å². The van der Waals surface area contributed by atoms with E-state index in [0.29, 0.717) is 17.9 Å². The molecule has 0 radical (unpaired) electrons. The third-order valence-electron chi connectivity index (χ3n) is 2.18. The predicted octanol–water partition coefficient (Wildman–Crippen LogP) is 1.86. The smallest absolute Gasteiger partial charge is 0.323 e. The van der Waals surface area contributed by atoms with Gasteiger partial charge in [0, 0.05) is 17.9 Å². The Labute approximate surface area is 105 Å². The van der Waals surface area contributed by atoms with Crippen molar-refractivity contribution in [2.45, 2.75) is 6.42 Å². The molecule has 0 aliphatic rings. The van der Waals surface area contributed by atoms with Crippen LogP contribution in [0.2, 0.25) is 0 Å². The van der Waals surface area contributed by atoms with Crippen LogP contribution in [0.15, 0.2) is 30.3 Å². The molecule has 0 spiro atoms. The second-order valence-corrected chi connectivity index (χ2v) is 4.44. The molecule has 0 aromatic heterocycles. The van der Waals surface area contributed by atoms with Crippen molar-refractivity contribution in [3.8, 4) is 0 Å². The molecule has 0 aliphatic heterocycles. The number of nitrogens with zero attached hydrogens (tertiary/aromatic N) is 1. The van der Waals surface area contributed by atoms with Crippen molar-refractivity contribution < 1.29 is 14.7 Å². The number of thioether (sulfide) groups is 1. The van der Waals surface area contributed by atoms with E-state index in [1.807, 2.05) is 12.3 Å². The second-order valence-electron chi connectivity index (χ2n) is 3.45. The van der Waals surface area contributed by atoms with Gasteiger partial charge in [-0.2, -0.15) is 11.8 Å². The monoisotopic (exact) mass is 253 g/mol. The van der Waals surface area contributed by atoms with E-state index in [-0.39, 0.29) is 12.5 Å². The SMILES string of the molecule is CSCCC(=O)N(CC(=O)O)c1ccccc1. The van der Waals surface area contributed by atoms with Crippen LogP contribution in [0.1, 0.15) is 6.42 Å². The van der Waals surface area contributed by atoms with E-state index in [2.05, 4.69) is 0 Å². The molecular weight excluding hydrogens is 238 g/mol. The molecular formula is C12H15NO3S. The summed E-state index contributed by atoms with van der Waals surface area (Å²) in [6.07, 6.45) is 2.26. The average molecular weight is 253 g/mol. The lowest BCUT2D eigenvalue weighted by Gasteiger charge is -2.20. The van der Waals surface area contributed by atoms with E-state index in [0.717, 1.165) is 0 Å². The fraction of sp³-hybridized carbons (Fsp3) is 0.333. The van der Waals surface area contributed by atoms with Gasteiger partial charge in [-0.25, -0.2) is 0 Å². The van der Waals surface area contributed by atoms with E-state index < -0.39 is 5.97 Å². The number of carboxylic acids is 1. The Balaban J connectivity index is 2.80. The Kier molecular flexibility index (Phi) is 5.56. The topological polar surface area (TPSA) is 57.6 Å². The van der Waals surface area contributed by atoms with Crippen molar-refractivity contribution in [2.24, 2.45) is 0 Å². The molecule has 0 atom stereocenters. The minimum Gasteiger partial charge on any atom is -0.480 e. The molecule has 4 nitrogen and oxygen atoms in total. The molecule has 0 aliphatic carbocycles. The molecule has 92 valence electrons. The summed E-state index contributed by atoms with van der Waals surface area (Å²) in [6, 6.07) is 8.87. The van der Waals surface area contributed by atoms with Gasteiger partial charge in [0.05, 0.1) is 0 Å². The average Bonchev–Trinajstić information content (AvgIpc) is 2.34.